The number of halogens is 1. The van der Waals surface area contributed by atoms with Crippen molar-refractivity contribution in [1.82, 2.24) is 20.1 Å². The Kier molecular flexibility index (Phi) is 5.27. The van der Waals surface area contributed by atoms with Gasteiger partial charge in [0.1, 0.15) is 12.9 Å². The highest BCUT2D eigenvalue weighted by Crippen LogP contribution is 2.23. The average molecular weight is 292 g/mol. The molecule has 2 rings (SSSR count). The van der Waals surface area contributed by atoms with Gasteiger partial charge in [0.15, 0.2) is 17.4 Å². The Bertz CT molecular complexity index is 583. The van der Waals surface area contributed by atoms with Gasteiger partial charge in [0, 0.05) is 19.2 Å². The molecule has 6 heteroatoms. The quantitative estimate of drug-likeness (QED) is 0.850. The molecule has 0 saturated carbocycles. The second kappa shape index (κ2) is 7.17. The fourth-order valence-corrected chi connectivity index (χ4v) is 1.94. The zero-order valence-electron chi connectivity index (χ0n) is 12.6. The molecule has 114 valence electrons. The van der Waals surface area contributed by atoms with Gasteiger partial charge in [-0.25, -0.2) is 9.37 Å². The number of hydrogen-bond acceptors (Lipinski definition) is 4. The Morgan fingerprint density at radius 2 is 2.19 bits per heavy atom. The molecule has 1 aromatic heterocycles. The fourth-order valence-electron chi connectivity index (χ4n) is 1.94. The van der Waals surface area contributed by atoms with E-state index < -0.39 is 0 Å². The standard InChI is InChI=1S/C15H21FN4O/c1-11(2)7-17-8-12-5-4-6-13(16)15(12)21-9-14-18-10-19-20(14)3/h4-6,10-11,17H,7-9H2,1-3H3. The van der Waals surface area contributed by atoms with Gasteiger partial charge in [-0.2, -0.15) is 5.10 Å². The number of benzene rings is 1. The maximum absolute atomic E-state index is 14.0. The lowest BCUT2D eigenvalue weighted by molar-refractivity contribution is 0.271. The number of nitrogens with one attached hydrogen (secondary N) is 1. The maximum Gasteiger partial charge on any atom is 0.165 e. The number of hydrogen-bond donors (Lipinski definition) is 1. The summed E-state index contributed by atoms with van der Waals surface area (Å²) in [5.41, 5.74) is 0.804. The number of aryl methyl sites for hydroxylation is 1. The van der Waals surface area contributed by atoms with Crippen LogP contribution in [0.15, 0.2) is 24.5 Å². The van der Waals surface area contributed by atoms with E-state index in [0.717, 1.165) is 12.1 Å². The van der Waals surface area contributed by atoms with Crippen molar-refractivity contribution in [3.8, 4) is 5.75 Å². The number of ether oxygens (including phenoxy) is 1. The summed E-state index contributed by atoms with van der Waals surface area (Å²) >= 11 is 0. The Labute approximate surface area is 124 Å². The van der Waals surface area contributed by atoms with Crippen molar-refractivity contribution in [3.63, 3.8) is 0 Å². The van der Waals surface area contributed by atoms with Crippen LogP contribution in [0.25, 0.3) is 0 Å². The molecule has 2 aromatic rings. The second-order valence-electron chi connectivity index (χ2n) is 5.34. The molecule has 0 radical (unpaired) electrons. The van der Waals surface area contributed by atoms with Crippen molar-refractivity contribution in [2.75, 3.05) is 6.54 Å². The summed E-state index contributed by atoms with van der Waals surface area (Å²) in [4.78, 5) is 4.06. The molecule has 0 amide bonds. The van der Waals surface area contributed by atoms with Crippen LogP contribution in [0.1, 0.15) is 25.2 Å². The topological polar surface area (TPSA) is 52.0 Å². The van der Waals surface area contributed by atoms with Gasteiger partial charge >= 0.3 is 0 Å². The lowest BCUT2D eigenvalue weighted by Gasteiger charge is -2.13. The lowest BCUT2D eigenvalue weighted by atomic mass is 10.1. The Morgan fingerprint density at radius 1 is 1.38 bits per heavy atom. The van der Waals surface area contributed by atoms with Gasteiger partial charge in [0.25, 0.3) is 0 Å². The third-order valence-electron chi connectivity index (χ3n) is 3.07. The third-order valence-corrected chi connectivity index (χ3v) is 3.07. The third kappa shape index (κ3) is 4.26. The van der Waals surface area contributed by atoms with E-state index in [1.807, 2.05) is 6.07 Å². The molecule has 0 saturated heterocycles. The van der Waals surface area contributed by atoms with Crippen molar-refractivity contribution < 1.29 is 9.13 Å². The molecule has 0 aliphatic rings. The summed E-state index contributed by atoms with van der Waals surface area (Å²) in [6.07, 6.45) is 1.45. The number of aromatic nitrogens is 3. The van der Waals surface area contributed by atoms with Crippen LogP contribution in [0.5, 0.6) is 5.75 Å². The summed E-state index contributed by atoms with van der Waals surface area (Å²) in [7, 11) is 1.78. The smallest absolute Gasteiger partial charge is 0.165 e. The van der Waals surface area contributed by atoms with E-state index in [4.69, 9.17) is 4.74 Å². The minimum atomic E-state index is -0.360. The predicted molar refractivity (Wildman–Crippen MR) is 78.3 cm³/mol. The van der Waals surface area contributed by atoms with Gasteiger partial charge < -0.3 is 10.1 Å². The predicted octanol–water partition coefficient (Wildman–Crippen LogP) is 2.28. The first kappa shape index (κ1) is 15.4. The highest BCUT2D eigenvalue weighted by atomic mass is 19.1. The van der Waals surface area contributed by atoms with Crippen LogP contribution >= 0.6 is 0 Å². The van der Waals surface area contributed by atoms with Crippen LogP contribution in [-0.2, 0) is 20.2 Å². The lowest BCUT2D eigenvalue weighted by Crippen LogP contribution is -2.19. The van der Waals surface area contributed by atoms with Crippen LogP contribution in [0.4, 0.5) is 4.39 Å². The minimum Gasteiger partial charge on any atom is -0.482 e. The normalized spacial score (nSPS) is 11.1. The monoisotopic (exact) mass is 292 g/mol. The zero-order chi connectivity index (χ0) is 15.2. The molecule has 0 spiro atoms. The van der Waals surface area contributed by atoms with Crippen molar-refractivity contribution in [3.05, 3.63) is 41.7 Å². The second-order valence-corrected chi connectivity index (χ2v) is 5.34. The molecular weight excluding hydrogens is 271 g/mol. The molecule has 0 fully saturated rings. The zero-order valence-corrected chi connectivity index (χ0v) is 12.6. The van der Waals surface area contributed by atoms with Crippen LogP contribution in [-0.4, -0.2) is 21.3 Å². The SMILES string of the molecule is CC(C)CNCc1cccc(F)c1OCc1ncnn1C. The number of nitrogens with zero attached hydrogens (tertiary/aromatic N) is 3. The van der Waals surface area contributed by atoms with E-state index in [2.05, 4.69) is 29.2 Å². The summed E-state index contributed by atoms with van der Waals surface area (Å²) in [5, 5.41) is 7.26. The van der Waals surface area contributed by atoms with E-state index in [9.17, 15) is 4.39 Å². The Hall–Kier alpha value is -1.95. The van der Waals surface area contributed by atoms with E-state index in [1.165, 1.54) is 12.4 Å². The van der Waals surface area contributed by atoms with Gasteiger partial charge in [-0.3, -0.25) is 4.68 Å². The molecule has 0 aliphatic carbocycles. The molecule has 0 aliphatic heterocycles. The molecule has 1 N–H and O–H groups in total. The van der Waals surface area contributed by atoms with Crippen molar-refractivity contribution in [2.24, 2.45) is 13.0 Å². The maximum atomic E-state index is 14.0. The van der Waals surface area contributed by atoms with Crippen LogP contribution < -0.4 is 10.1 Å². The van der Waals surface area contributed by atoms with Gasteiger partial charge in [0.05, 0.1) is 0 Å². The number of rotatable bonds is 7. The average Bonchev–Trinajstić information content (AvgIpc) is 2.83. The molecule has 0 bridgehead atoms. The fraction of sp³-hybridized carbons (Fsp3) is 0.467. The van der Waals surface area contributed by atoms with Crippen molar-refractivity contribution >= 4 is 0 Å². The van der Waals surface area contributed by atoms with Gasteiger partial charge in [0.2, 0.25) is 0 Å². The highest BCUT2D eigenvalue weighted by Gasteiger charge is 2.11. The summed E-state index contributed by atoms with van der Waals surface area (Å²) in [6, 6.07) is 4.96. The van der Waals surface area contributed by atoms with E-state index >= 15 is 0 Å². The van der Waals surface area contributed by atoms with E-state index in [1.54, 1.807) is 17.8 Å². The van der Waals surface area contributed by atoms with E-state index in [0.29, 0.717) is 18.3 Å². The van der Waals surface area contributed by atoms with Crippen LogP contribution in [0, 0.1) is 11.7 Å². The van der Waals surface area contributed by atoms with Crippen LogP contribution in [0.3, 0.4) is 0 Å². The molecule has 21 heavy (non-hydrogen) atoms. The van der Waals surface area contributed by atoms with E-state index in [-0.39, 0.29) is 18.2 Å². The van der Waals surface area contributed by atoms with Gasteiger partial charge in [-0.1, -0.05) is 26.0 Å². The van der Waals surface area contributed by atoms with Crippen LogP contribution in [0.2, 0.25) is 0 Å². The molecular formula is C15H21FN4O. The van der Waals surface area contributed by atoms with Gasteiger partial charge in [-0.05, 0) is 18.5 Å². The Balaban J connectivity index is 2.05. The molecule has 0 unspecified atom stereocenters. The first-order valence-corrected chi connectivity index (χ1v) is 7.01. The summed E-state index contributed by atoms with van der Waals surface area (Å²) in [5.74, 6) is 1.11. The highest BCUT2D eigenvalue weighted by molar-refractivity contribution is 5.35. The van der Waals surface area contributed by atoms with Crippen molar-refractivity contribution in [1.29, 1.82) is 0 Å². The first-order valence-electron chi connectivity index (χ1n) is 7.01. The molecule has 1 heterocycles. The van der Waals surface area contributed by atoms with Gasteiger partial charge in [-0.15, -0.1) is 0 Å². The molecule has 0 atom stereocenters. The largest absolute Gasteiger partial charge is 0.482 e. The Morgan fingerprint density at radius 3 is 2.86 bits per heavy atom. The van der Waals surface area contributed by atoms with Crippen molar-refractivity contribution in [2.45, 2.75) is 27.0 Å². The summed E-state index contributed by atoms with van der Waals surface area (Å²) in [6.45, 7) is 5.89. The molecule has 1 aromatic carbocycles. The number of para-hydroxylation sites is 1. The first-order chi connectivity index (χ1) is 10.1. The molecule has 5 nitrogen and oxygen atoms in total. The minimum absolute atomic E-state index is 0.189. The summed E-state index contributed by atoms with van der Waals surface area (Å²) < 4.78 is 21.2.